The van der Waals surface area contributed by atoms with E-state index in [0.29, 0.717) is 0 Å². The second-order valence-corrected chi connectivity index (χ2v) is 6.05. The molecule has 1 aliphatic carbocycles. The second kappa shape index (κ2) is 9.10. The van der Waals surface area contributed by atoms with Crippen LogP contribution in [0.3, 0.4) is 0 Å². The number of Topliss-reactive ketones (excluding diaryl/α,β-unsaturated/α-hetero) is 1. The van der Waals surface area contributed by atoms with Crippen molar-refractivity contribution in [2.24, 2.45) is 29.6 Å². The molecule has 18 heavy (non-hydrogen) atoms. The van der Waals surface area contributed by atoms with Crippen molar-refractivity contribution in [1.29, 1.82) is 0 Å². The van der Waals surface area contributed by atoms with Crippen molar-refractivity contribution in [1.82, 2.24) is 0 Å². The summed E-state index contributed by atoms with van der Waals surface area (Å²) in [6, 6.07) is 0. The third-order valence-electron chi connectivity index (χ3n) is 4.73. The van der Waals surface area contributed by atoms with Crippen molar-refractivity contribution < 1.29 is 26.4 Å². The summed E-state index contributed by atoms with van der Waals surface area (Å²) in [5.41, 5.74) is 0. The van der Waals surface area contributed by atoms with Gasteiger partial charge >= 0.3 is 0 Å². The van der Waals surface area contributed by atoms with E-state index < -0.39 is 6.10 Å². The number of ketones is 1. The van der Waals surface area contributed by atoms with Gasteiger partial charge in [0.15, 0.2) is 0 Å². The van der Waals surface area contributed by atoms with Crippen LogP contribution in [0, 0.1) is 29.6 Å². The molecule has 0 aromatic rings. The molecule has 1 aliphatic rings. The number of aliphatic hydroxyl groups is 1. The molecule has 0 bridgehead atoms. The van der Waals surface area contributed by atoms with Crippen molar-refractivity contribution in [2.75, 3.05) is 0 Å². The summed E-state index contributed by atoms with van der Waals surface area (Å²) in [6.07, 6.45) is -0.197. The first-order chi connectivity index (χ1) is 7.68. The minimum Gasteiger partial charge on any atom is -0.393 e. The standard InChI is InChI=1S/C10H20.C5H10O2.Ni/c1-6-7(2)9(4)10(5)8(6)3;1-4(6)3-5(2)7;/h6-10H,1-5H3;4,6H,3H2,1-2H3;. The minimum atomic E-state index is -0.475. The van der Waals surface area contributed by atoms with Gasteiger partial charge in [0.2, 0.25) is 0 Å². The van der Waals surface area contributed by atoms with E-state index in [-0.39, 0.29) is 28.7 Å². The first kappa shape index (κ1) is 20.4. The van der Waals surface area contributed by atoms with Crippen LogP contribution >= 0.6 is 0 Å². The van der Waals surface area contributed by atoms with Gasteiger partial charge in [-0.05, 0) is 43.4 Å². The number of rotatable bonds is 2. The largest absolute Gasteiger partial charge is 0.393 e. The molecular weight excluding hydrogens is 271 g/mol. The van der Waals surface area contributed by atoms with Crippen molar-refractivity contribution in [3.8, 4) is 0 Å². The average Bonchev–Trinajstić information content (AvgIpc) is 2.35. The Labute approximate surface area is 123 Å². The van der Waals surface area contributed by atoms with E-state index in [4.69, 9.17) is 5.11 Å². The maximum Gasteiger partial charge on any atom is 0.132 e. The Balaban J connectivity index is 0. The Morgan fingerprint density at radius 2 is 1.17 bits per heavy atom. The molecule has 2 nitrogen and oxygen atoms in total. The predicted molar refractivity (Wildman–Crippen MR) is 72.8 cm³/mol. The van der Waals surface area contributed by atoms with Gasteiger partial charge in [-0.2, -0.15) is 0 Å². The normalized spacial score (nSPS) is 36.1. The van der Waals surface area contributed by atoms with E-state index in [1.807, 2.05) is 0 Å². The monoisotopic (exact) mass is 300 g/mol. The summed E-state index contributed by atoms with van der Waals surface area (Å²) in [7, 11) is 0. The van der Waals surface area contributed by atoms with Crippen LogP contribution in [-0.2, 0) is 21.3 Å². The number of hydrogen-bond acceptors (Lipinski definition) is 2. The number of carbonyl (C=O) groups excluding carboxylic acids is 1. The van der Waals surface area contributed by atoms with Crippen LogP contribution in [-0.4, -0.2) is 17.0 Å². The fourth-order valence-electron chi connectivity index (χ4n) is 2.81. The predicted octanol–water partition coefficient (Wildman–Crippen LogP) is 3.52. The molecule has 0 heterocycles. The smallest absolute Gasteiger partial charge is 0.132 e. The zero-order valence-corrected chi connectivity index (χ0v) is 13.8. The molecule has 0 spiro atoms. The molecule has 1 unspecified atom stereocenters. The molecular formula is C15H30NiO2. The van der Waals surface area contributed by atoms with Gasteiger partial charge in [0.25, 0.3) is 0 Å². The van der Waals surface area contributed by atoms with Crippen LogP contribution < -0.4 is 0 Å². The van der Waals surface area contributed by atoms with E-state index >= 15 is 0 Å². The third kappa shape index (κ3) is 6.34. The van der Waals surface area contributed by atoms with E-state index in [1.54, 1.807) is 6.92 Å². The van der Waals surface area contributed by atoms with Crippen LogP contribution in [0.15, 0.2) is 0 Å². The molecule has 0 radical (unpaired) electrons. The molecule has 1 saturated carbocycles. The third-order valence-corrected chi connectivity index (χ3v) is 4.73. The maximum absolute atomic E-state index is 10.1. The van der Waals surface area contributed by atoms with Gasteiger partial charge in [-0.3, -0.25) is 4.79 Å². The van der Waals surface area contributed by atoms with Gasteiger partial charge in [-0.15, -0.1) is 0 Å². The van der Waals surface area contributed by atoms with E-state index in [2.05, 4.69) is 34.6 Å². The van der Waals surface area contributed by atoms with Gasteiger partial charge in [0, 0.05) is 22.9 Å². The Morgan fingerprint density at radius 3 is 1.22 bits per heavy atom. The van der Waals surface area contributed by atoms with Gasteiger partial charge in [0.05, 0.1) is 6.10 Å². The first-order valence-electron chi connectivity index (χ1n) is 6.85. The average molecular weight is 301 g/mol. The summed E-state index contributed by atoms with van der Waals surface area (Å²) in [5.74, 6) is 4.71. The SMILES string of the molecule is CC(=O)CC(C)O.CC1C(C)C(C)C(C)C1C.[Ni]. The topological polar surface area (TPSA) is 37.3 Å². The number of hydrogen-bond donors (Lipinski definition) is 1. The molecule has 0 aromatic heterocycles. The number of aliphatic hydroxyl groups excluding tert-OH is 1. The molecule has 1 fully saturated rings. The van der Waals surface area contributed by atoms with Crippen LogP contribution in [0.1, 0.15) is 54.9 Å². The fourth-order valence-corrected chi connectivity index (χ4v) is 2.81. The molecule has 0 aliphatic heterocycles. The Bertz CT molecular complexity index is 196. The maximum atomic E-state index is 10.1. The minimum absolute atomic E-state index is 0. The Kier molecular flexibility index (Phi) is 10.3. The summed E-state index contributed by atoms with van der Waals surface area (Å²) in [5, 5.41) is 8.50. The van der Waals surface area contributed by atoms with Gasteiger partial charge in [-0.1, -0.05) is 34.6 Å². The van der Waals surface area contributed by atoms with Crippen LogP contribution in [0.2, 0.25) is 0 Å². The summed E-state index contributed by atoms with van der Waals surface area (Å²) < 4.78 is 0. The molecule has 112 valence electrons. The van der Waals surface area contributed by atoms with E-state index in [1.165, 1.54) is 6.92 Å². The van der Waals surface area contributed by atoms with Crippen molar-refractivity contribution in [2.45, 2.75) is 61.0 Å². The molecule has 3 heteroatoms. The zero-order chi connectivity index (χ0) is 13.7. The van der Waals surface area contributed by atoms with E-state index in [0.717, 1.165) is 29.6 Å². The van der Waals surface area contributed by atoms with Crippen molar-refractivity contribution >= 4 is 5.78 Å². The fraction of sp³-hybridized carbons (Fsp3) is 0.933. The quantitative estimate of drug-likeness (QED) is 0.792. The Morgan fingerprint density at radius 1 is 0.944 bits per heavy atom. The number of carbonyl (C=O) groups is 1. The summed E-state index contributed by atoms with van der Waals surface area (Å²) in [4.78, 5) is 10.1. The molecule has 0 saturated heterocycles. The van der Waals surface area contributed by atoms with Gasteiger partial charge < -0.3 is 5.11 Å². The van der Waals surface area contributed by atoms with Gasteiger partial charge in [0.1, 0.15) is 5.78 Å². The molecule has 1 rings (SSSR count). The summed E-state index contributed by atoms with van der Waals surface area (Å²) >= 11 is 0. The molecule has 0 aromatic carbocycles. The van der Waals surface area contributed by atoms with Crippen LogP contribution in [0.4, 0.5) is 0 Å². The molecule has 1 N–H and O–H groups in total. The molecule has 0 amide bonds. The molecule has 1 atom stereocenters. The second-order valence-electron chi connectivity index (χ2n) is 6.05. The van der Waals surface area contributed by atoms with Gasteiger partial charge in [-0.25, -0.2) is 0 Å². The van der Waals surface area contributed by atoms with Crippen LogP contribution in [0.25, 0.3) is 0 Å². The summed E-state index contributed by atoms with van der Waals surface area (Å²) in [6.45, 7) is 15.1. The Hall–Kier alpha value is 0.124. The first-order valence-corrected chi connectivity index (χ1v) is 6.85. The van der Waals surface area contributed by atoms with Crippen molar-refractivity contribution in [3.63, 3.8) is 0 Å². The van der Waals surface area contributed by atoms with Crippen molar-refractivity contribution in [3.05, 3.63) is 0 Å². The zero-order valence-electron chi connectivity index (χ0n) is 12.8. The van der Waals surface area contributed by atoms with Crippen LogP contribution in [0.5, 0.6) is 0 Å². The van der Waals surface area contributed by atoms with E-state index in [9.17, 15) is 4.79 Å².